The summed E-state index contributed by atoms with van der Waals surface area (Å²) < 4.78 is 25.5. The van der Waals surface area contributed by atoms with E-state index in [4.69, 9.17) is 0 Å². The molecule has 0 aromatic rings. The first kappa shape index (κ1) is 13.8. The van der Waals surface area contributed by atoms with Crippen LogP contribution in [0.3, 0.4) is 0 Å². The standard InChI is InChI=1S/C9H17F2N.C2H6/c1-3-12(2)8-4-6-9(10,11)7-5-8;1-2/h8H,3-7H2,1-2H3;1-2H3. The summed E-state index contributed by atoms with van der Waals surface area (Å²) >= 11 is 0. The second-order valence-electron chi connectivity index (χ2n) is 3.66. The van der Waals surface area contributed by atoms with Crippen LogP contribution >= 0.6 is 0 Å². The molecule has 0 bridgehead atoms. The smallest absolute Gasteiger partial charge is 0.248 e. The Bertz CT molecular complexity index is 138. The molecule has 1 saturated carbocycles. The Morgan fingerprint density at radius 1 is 1.21 bits per heavy atom. The third-order valence-corrected chi connectivity index (χ3v) is 2.81. The quantitative estimate of drug-likeness (QED) is 0.669. The second-order valence-corrected chi connectivity index (χ2v) is 3.66. The van der Waals surface area contributed by atoms with Crippen molar-refractivity contribution in [3.63, 3.8) is 0 Å². The van der Waals surface area contributed by atoms with Gasteiger partial charge in [0.05, 0.1) is 0 Å². The summed E-state index contributed by atoms with van der Waals surface area (Å²) in [6.07, 6.45) is 1.44. The molecule has 1 rings (SSSR count). The van der Waals surface area contributed by atoms with Crippen LogP contribution < -0.4 is 0 Å². The normalized spacial score (nSPS) is 21.6. The van der Waals surface area contributed by atoms with Crippen LogP contribution in [0.2, 0.25) is 0 Å². The van der Waals surface area contributed by atoms with Gasteiger partial charge < -0.3 is 4.90 Å². The van der Waals surface area contributed by atoms with Crippen molar-refractivity contribution < 1.29 is 8.78 Å². The Morgan fingerprint density at radius 2 is 1.64 bits per heavy atom. The Balaban J connectivity index is 0.000000791. The predicted octanol–water partition coefficient (Wildman–Crippen LogP) is 3.54. The summed E-state index contributed by atoms with van der Waals surface area (Å²) in [4.78, 5) is 2.16. The zero-order valence-corrected chi connectivity index (χ0v) is 9.82. The monoisotopic (exact) mass is 207 g/mol. The van der Waals surface area contributed by atoms with Crippen molar-refractivity contribution in [2.45, 2.75) is 58.4 Å². The van der Waals surface area contributed by atoms with E-state index in [9.17, 15) is 8.78 Å². The lowest BCUT2D eigenvalue weighted by Crippen LogP contribution is -2.38. The molecule has 0 N–H and O–H groups in total. The molecule has 1 aliphatic rings. The van der Waals surface area contributed by atoms with Gasteiger partial charge in [-0.2, -0.15) is 0 Å². The number of alkyl halides is 2. The average Bonchev–Trinajstić information content (AvgIpc) is 2.20. The Morgan fingerprint density at radius 3 is 2.00 bits per heavy atom. The van der Waals surface area contributed by atoms with Gasteiger partial charge in [-0.15, -0.1) is 0 Å². The first-order valence-electron chi connectivity index (χ1n) is 5.63. The molecule has 1 fully saturated rings. The van der Waals surface area contributed by atoms with E-state index >= 15 is 0 Å². The zero-order valence-electron chi connectivity index (χ0n) is 9.82. The van der Waals surface area contributed by atoms with Gasteiger partial charge in [-0.25, -0.2) is 8.78 Å². The summed E-state index contributed by atoms with van der Waals surface area (Å²) in [7, 11) is 2.01. The number of nitrogens with zero attached hydrogens (tertiary/aromatic N) is 1. The number of hydrogen-bond donors (Lipinski definition) is 0. The van der Waals surface area contributed by atoms with Crippen LogP contribution in [0.1, 0.15) is 46.5 Å². The number of halogens is 2. The Hall–Kier alpha value is -0.180. The molecule has 0 atom stereocenters. The van der Waals surface area contributed by atoms with E-state index in [2.05, 4.69) is 11.8 Å². The molecule has 3 heteroatoms. The van der Waals surface area contributed by atoms with E-state index in [0.29, 0.717) is 18.9 Å². The van der Waals surface area contributed by atoms with Crippen molar-refractivity contribution >= 4 is 0 Å². The molecule has 0 unspecified atom stereocenters. The lowest BCUT2D eigenvalue weighted by atomic mass is 9.91. The molecular weight excluding hydrogens is 184 g/mol. The van der Waals surface area contributed by atoms with E-state index in [1.807, 2.05) is 20.9 Å². The molecule has 0 aromatic heterocycles. The van der Waals surface area contributed by atoms with E-state index in [1.165, 1.54) is 0 Å². The maximum atomic E-state index is 12.7. The van der Waals surface area contributed by atoms with Crippen LogP contribution in [-0.4, -0.2) is 30.5 Å². The Labute approximate surface area is 86.5 Å². The molecule has 0 saturated heterocycles. The van der Waals surface area contributed by atoms with Crippen molar-refractivity contribution in [1.82, 2.24) is 4.90 Å². The molecule has 1 aliphatic carbocycles. The molecule has 0 aliphatic heterocycles. The third kappa shape index (κ3) is 4.36. The highest BCUT2D eigenvalue weighted by atomic mass is 19.3. The van der Waals surface area contributed by atoms with Crippen molar-refractivity contribution in [3.05, 3.63) is 0 Å². The summed E-state index contributed by atoms with van der Waals surface area (Å²) in [5.41, 5.74) is 0. The predicted molar refractivity (Wildman–Crippen MR) is 56.9 cm³/mol. The van der Waals surface area contributed by atoms with E-state index < -0.39 is 5.92 Å². The average molecular weight is 207 g/mol. The topological polar surface area (TPSA) is 3.24 Å². The third-order valence-electron chi connectivity index (χ3n) is 2.81. The second kappa shape index (κ2) is 6.33. The van der Waals surface area contributed by atoms with Gasteiger partial charge in [0, 0.05) is 18.9 Å². The van der Waals surface area contributed by atoms with Gasteiger partial charge in [0.25, 0.3) is 0 Å². The fourth-order valence-electron chi connectivity index (χ4n) is 1.72. The number of hydrogen-bond acceptors (Lipinski definition) is 1. The highest BCUT2D eigenvalue weighted by molar-refractivity contribution is 4.81. The van der Waals surface area contributed by atoms with Crippen LogP contribution in [-0.2, 0) is 0 Å². The molecule has 0 aromatic carbocycles. The zero-order chi connectivity index (χ0) is 11.2. The maximum Gasteiger partial charge on any atom is 0.248 e. The molecular formula is C11H23F2N. The summed E-state index contributed by atoms with van der Waals surface area (Å²) in [6, 6.07) is 0.384. The highest BCUT2D eigenvalue weighted by Crippen LogP contribution is 2.34. The van der Waals surface area contributed by atoms with Gasteiger partial charge >= 0.3 is 0 Å². The van der Waals surface area contributed by atoms with E-state index in [0.717, 1.165) is 6.54 Å². The van der Waals surface area contributed by atoms with Crippen molar-refractivity contribution in [2.75, 3.05) is 13.6 Å². The van der Waals surface area contributed by atoms with Crippen LogP contribution in [0.5, 0.6) is 0 Å². The van der Waals surface area contributed by atoms with Crippen molar-refractivity contribution in [1.29, 1.82) is 0 Å². The van der Waals surface area contributed by atoms with Crippen LogP contribution in [0.4, 0.5) is 8.78 Å². The minimum absolute atomic E-state index is 0.0714. The largest absolute Gasteiger partial charge is 0.304 e. The number of rotatable bonds is 2. The molecule has 0 radical (unpaired) electrons. The van der Waals surface area contributed by atoms with E-state index in [-0.39, 0.29) is 12.8 Å². The molecule has 0 heterocycles. The molecule has 14 heavy (non-hydrogen) atoms. The fraction of sp³-hybridized carbons (Fsp3) is 1.00. The first-order chi connectivity index (χ1) is 6.55. The lowest BCUT2D eigenvalue weighted by molar-refractivity contribution is -0.0508. The maximum absolute atomic E-state index is 12.7. The van der Waals surface area contributed by atoms with Crippen molar-refractivity contribution in [3.8, 4) is 0 Å². The molecule has 0 spiro atoms. The van der Waals surface area contributed by atoms with Gasteiger partial charge in [0.15, 0.2) is 0 Å². The van der Waals surface area contributed by atoms with Gasteiger partial charge in [0.2, 0.25) is 5.92 Å². The van der Waals surface area contributed by atoms with Gasteiger partial charge in [0.1, 0.15) is 0 Å². The van der Waals surface area contributed by atoms with Crippen LogP contribution in [0.25, 0.3) is 0 Å². The van der Waals surface area contributed by atoms with Crippen LogP contribution in [0.15, 0.2) is 0 Å². The fourth-order valence-corrected chi connectivity index (χ4v) is 1.72. The molecule has 0 amide bonds. The first-order valence-corrected chi connectivity index (χ1v) is 5.63. The molecule has 1 nitrogen and oxygen atoms in total. The van der Waals surface area contributed by atoms with E-state index in [1.54, 1.807) is 0 Å². The minimum Gasteiger partial charge on any atom is -0.304 e. The van der Waals surface area contributed by atoms with Crippen LogP contribution in [0, 0.1) is 0 Å². The van der Waals surface area contributed by atoms with Gasteiger partial charge in [-0.1, -0.05) is 20.8 Å². The summed E-state index contributed by atoms with van der Waals surface area (Å²) in [5, 5.41) is 0. The SMILES string of the molecule is CC.CCN(C)C1CCC(F)(F)CC1. The summed E-state index contributed by atoms with van der Waals surface area (Å²) in [5.74, 6) is -2.38. The van der Waals surface area contributed by atoms with Gasteiger partial charge in [-0.3, -0.25) is 0 Å². The van der Waals surface area contributed by atoms with Crippen molar-refractivity contribution in [2.24, 2.45) is 0 Å². The Kier molecular flexibility index (Phi) is 6.25. The molecule has 86 valence electrons. The lowest BCUT2D eigenvalue weighted by Gasteiger charge is -2.33. The van der Waals surface area contributed by atoms with Gasteiger partial charge in [-0.05, 0) is 26.4 Å². The summed E-state index contributed by atoms with van der Waals surface area (Å²) in [6.45, 7) is 7.02. The minimum atomic E-state index is -2.38. The highest BCUT2D eigenvalue weighted by Gasteiger charge is 2.35.